The van der Waals surface area contributed by atoms with Gasteiger partial charge in [-0.05, 0) is 19.1 Å². The first-order valence-corrected chi connectivity index (χ1v) is 7.35. The molecule has 1 aromatic heterocycles. The minimum atomic E-state index is -0.643. The molecule has 0 amide bonds. The molecule has 0 fully saturated rings. The lowest BCUT2D eigenvalue weighted by Gasteiger charge is -2.19. The van der Waals surface area contributed by atoms with Crippen LogP contribution in [0.2, 0.25) is 0 Å². The molecule has 0 N–H and O–H groups in total. The molecule has 0 radical (unpaired) electrons. The van der Waals surface area contributed by atoms with Crippen molar-refractivity contribution in [2.75, 3.05) is 25.2 Å². The van der Waals surface area contributed by atoms with E-state index < -0.39 is 11.5 Å². The number of hydrogen-bond donors (Lipinski definition) is 0. The van der Waals surface area contributed by atoms with Crippen LogP contribution < -0.4 is 15.2 Å². The van der Waals surface area contributed by atoms with Crippen LogP contribution in [-0.4, -0.2) is 35.8 Å². The summed E-state index contributed by atoms with van der Waals surface area (Å²) in [6.45, 7) is 3.17. The van der Waals surface area contributed by atoms with E-state index in [1.54, 1.807) is 18.6 Å². The van der Waals surface area contributed by atoms with Crippen LogP contribution in [0.15, 0.2) is 35.3 Å². The summed E-state index contributed by atoms with van der Waals surface area (Å²) in [5.41, 5.74) is 0.200. The van der Waals surface area contributed by atoms with Crippen molar-refractivity contribution in [1.29, 1.82) is 0 Å². The SMILES string of the molecule is CCOC(=O)c1cn2c(nc1=O)N(c1ccccc1OC)CC2. The molecule has 1 aromatic carbocycles. The maximum Gasteiger partial charge on any atom is 0.345 e. The normalized spacial score (nSPS) is 12.9. The molecule has 1 aliphatic heterocycles. The monoisotopic (exact) mass is 315 g/mol. The molecule has 0 saturated carbocycles. The van der Waals surface area contributed by atoms with Crippen LogP contribution in [0.25, 0.3) is 0 Å². The van der Waals surface area contributed by atoms with Crippen molar-refractivity contribution in [3.05, 3.63) is 46.4 Å². The summed E-state index contributed by atoms with van der Waals surface area (Å²) in [7, 11) is 1.60. The second-order valence-corrected chi connectivity index (χ2v) is 5.00. The largest absolute Gasteiger partial charge is 0.495 e. The van der Waals surface area contributed by atoms with Crippen LogP contribution >= 0.6 is 0 Å². The minimum absolute atomic E-state index is 0.0440. The van der Waals surface area contributed by atoms with Crippen LogP contribution in [0.5, 0.6) is 5.75 Å². The van der Waals surface area contributed by atoms with Gasteiger partial charge in [-0.25, -0.2) is 4.79 Å². The number of fused-ring (bicyclic) bond motifs is 1. The first-order valence-electron chi connectivity index (χ1n) is 7.35. The van der Waals surface area contributed by atoms with Gasteiger partial charge < -0.3 is 18.9 Å². The van der Waals surface area contributed by atoms with E-state index in [0.29, 0.717) is 24.8 Å². The average Bonchev–Trinajstić information content (AvgIpc) is 2.96. The van der Waals surface area contributed by atoms with Gasteiger partial charge in [0.15, 0.2) is 0 Å². The summed E-state index contributed by atoms with van der Waals surface area (Å²) in [5.74, 6) is 0.549. The molecule has 2 aromatic rings. The Labute approximate surface area is 133 Å². The number of ether oxygens (including phenoxy) is 2. The van der Waals surface area contributed by atoms with Gasteiger partial charge in [-0.3, -0.25) is 4.79 Å². The standard InChI is InChI=1S/C16H17N3O4/c1-3-23-15(21)11-10-18-8-9-19(16(18)17-14(11)20)12-6-4-5-7-13(12)22-2/h4-7,10H,3,8-9H2,1-2H3. The van der Waals surface area contributed by atoms with Gasteiger partial charge in [-0.2, -0.15) is 4.98 Å². The average molecular weight is 315 g/mol. The molecule has 7 heteroatoms. The molecule has 0 saturated heterocycles. The molecule has 0 atom stereocenters. The molecule has 7 nitrogen and oxygen atoms in total. The lowest BCUT2D eigenvalue weighted by atomic mass is 10.2. The number of rotatable bonds is 4. The predicted molar refractivity (Wildman–Crippen MR) is 84.5 cm³/mol. The number of nitrogens with zero attached hydrogens (tertiary/aromatic N) is 3. The van der Waals surface area contributed by atoms with E-state index in [2.05, 4.69) is 4.98 Å². The molecule has 2 heterocycles. The van der Waals surface area contributed by atoms with Crippen molar-refractivity contribution < 1.29 is 14.3 Å². The highest BCUT2D eigenvalue weighted by molar-refractivity contribution is 5.88. The predicted octanol–water partition coefficient (Wildman–Crippen LogP) is 1.58. The lowest BCUT2D eigenvalue weighted by molar-refractivity contribution is 0.0523. The number of anilines is 2. The zero-order valence-corrected chi connectivity index (χ0v) is 13.0. The Morgan fingerprint density at radius 3 is 2.83 bits per heavy atom. The van der Waals surface area contributed by atoms with E-state index in [-0.39, 0.29) is 12.2 Å². The highest BCUT2D eigenvalue weighted by Gasteiger charge is 2.26. The van der Waals surface area contributed by atoms with Crippen LogP contribution in [0.3, 0.4) is 0 Å². The summed E-state index contributed by atoms with van der Waals surface area (Å²) in [6, 6.07) is 7.53. The molecule has 0 aliphatic carbocycles. The Kier molecular flexibility index (Phi) is 4.01. The van der Waals surface area contributed by atoms with E-state index in [9.17, 15) is 9.59 Å². The number of benzene rings is 1. The first-order chi connectivity index (χ1) is 11.2. The van der Waals surface area contributed by atoms with Crippen molar-refractivity contribution in [2.45, 2.75) is 13.5 Å². The molecule has 1 aliphatic rings. The molecule has 120 valence electrons. The summed E-state index contributed by atoms with van der Waals surface area (Å²) in [4.78, 5) is 29.9. The fourth-order valence-corrected chi connectivity index (χ4v) is 2.60. The number of aromatic nitrogens is 2. The fraction of sp³-hybridized carbons (Fsp3) is 0.312. The van der Waals surface area contributed by atoms with Crippen molar-refractivity contribution in [3.8, 4) is 5.75 Å². The van der Waals surface area contributed by atoms with E-state index in [1.807, 2.05) is 29.2 Å². The summed E-state index contributed by atoms with van der Waals surface area (Å²) >= 11 is 0. The van der Waals surface area contributed by atoms with E-state index in [4.69, 9.17) is 9.47 Å². The number of carbonyl (C=O) groups excluding carboxylic acids is 1. The molecule has 0 unspecified atom stereocenters. The second kappa shape index (κ2) is 6.12. The van der Waals surface area contributed by atoms with Gasteiger partial charge in [0.1, 0.15) is 11.3 Å². The van der Waals surface area contributed by atoms with Gasteiger partial charge >= 0.3 is 5.97 Å². The van der Waals surface area contributed by atoms with Gasteiger partial charge in [0.05, 0.1) is 19.4 Å². The lowest BCUT2D eigenvalue weighted by Crippen LogP contribution is -2.24. The number of carbonyl (C=O) groups is 1. The van der Waals surface area contributed by atoms with E-state index in [1.165, 1.54) is 6.20 Å². The van der Waals surface area contributed by atoms with Gasteiger partial charge in [-0.1, -0.05) is 12.1 Å². The molecule has 3 rings (SSSR count). The van der Waals surface area contributed by atoms with E-state index >= 15 is 0 Å². The van der Waals surface area contributed by atoms with Crippen molar-refractivity contribution >= 4 is 17.6 Å². The van der Waals surface area contributed by atoms with Gasteiger partial charge in [0.2, 0.25) is 5.95 Å². The third kappa shape index (κ3) is 2.65. The Bertz CT molecular complexity index is 800. The first kappa shape index (κ1) is 15.1. The van der Waals surface area contributed by atoms with Crippen molar-refractivity contribution in [3.63, 3.8) is 0 Å². The molecule has 0 bridgehead atoms. The van der Waals surface area contributed by atoms with Gasteiger partial charge in [0, 0.05) is 19.3 Å². The van der Waals surface area contributed by atoms with Crippen LogP contribution in [0, 0.1) is 0 Å². The Morgan fingerprint density at radius 1 is 1.30 bits per heavy atom. The summed E-state index contributed by atoms with van der Waals surface area (Å²) in [5, 5.41) is 0. The summed E-state index contributed by atoms with van der Waals surface area (Å²) < 4.78 is 12.0. The van der Waals surface area contributed by atoms with Crippen LogP contribution in [0.1, 0.15) is 17.3 Å². The zero-order valence-electron chi connectivity index (χ0n) is 13.0. The number of hydrogen-bond acceptors (Lipinski definition) is 6. The quantitative estimate of drug-likeness (QED) is 0.798. The van der Waals surface area contributed by atoms with Gasteiger partial charge in [0.25, 0.3) is 5.56 Å². The fourth-order valence-electron chi connectivity index (χ4n) is 2.60. The van der Waals surface area contributed by atoms with Gasteiger partial charge in [-0.15, -0.1) is 0 Å². The van der Waals surface area contributed by atoms with Crippen LogP contribution in [-0.2, 0) is 11.3 Å². The third-order valence-electron chi connectivity index (χ3n) is 3.65. The number of para-hydroxylation sites is 2. The Balaban J connectivity index is 2.03. The maximum absolute atomic E-state index is 12.1. The number of esters is 1. The van der Waals surface area contributed by atoms with Crippen molar-refractivity contribution in [1.82, 2.24) is 9.55 Å². The zero-order chi connectivity index (χ0) is 16.4. The Morgan fingerprint density at radius 2 is 2.09 bits per heavy atom. The van der Waals surface area contributed by atoms with E-state index in [0.717, 1.165) is 5.69 Å². The molecule has 23 heavy (non-hydrogen) atoms. The Hall–Kier alpha value is -2.83. The smallest absolute Gasteiger partial charge is 0.345 e. The highest BCUT2D eigenvalue weighted by Crippen LogP contribution is 2.34. The summed E-state index contributed by atoms with van der Waals surface area (Å²) in [6.07, 6.45) is 1.51. The second-order valence-electron chi connectivity index (χ2n) is 5.00. The number of methoxy groups -OCH3 is 1. The molecule has 0 spiro atoms. The molecular weight excluding hydrogens is 298 g/mol. The minimum Gasteiger partial charge on any atom is -0.495 e. The van der Waals surface area contributed by atoms with Crippen LogP contribution in [0.4, 0.5) is 11.6 Å². The molecular formula is C16H17N3O4. The highest BCUT2D eigenvalue weighted by atomic mass is 16.5. The maximum atomic E-state index is 12.1. The van der Waals surface area contributed by atoms with Crippen molar-refractivity contribution in [2.24, 2.45) is 0 Å². The topological polar surface area (TPSA) is 73.7 Å². The third-order valence-corrected chi connectivity index (χ3v) is 3.65.